The van der Waals surface area contributed by atoms with Gasteiger partial charge in [-0.15, -0.1) is 0 Å². The number of sulfonamides is 1. The molecule has 3 N–H and O–H groups in total. The molecule has 0 aliphatic heterocycles. The minimum absolute atomic E-state index is 0.0628. The van der Waals surface area contributed by atoms with Crippen LogP contribution in [0.15, 0.2) is 23.1 Å². The number of halogens is 1. The highest BCUT2D eigenvalue weighted by molar-refractivity contribution is 7.89. The predicted octanol–water partition coefficient (Wildman–Crippen LogP) is 1.79. The third-order valence-corrected chi connectivity index (χ3v) is 4.19. The maximum atomic E-state index is 13.3. The van der Waals surface area contributed by atoms with Gasteiger partial charge < -0.3 is 5.73 Å². The number of rotatable bonds is 6. The number of hydrogen-bond acceptors (Lipinski definition) is 3. The van der Waals surface area contributed by atoms with E-state index in [9.17, 15) is 12.8 Å². The fraction of sp³-hybridized carbons (Fsp3) is 0.538. The molecule has 1 aromatic carbocycles. The second kappa shape index (κ2) is 6.45. The second-order valence-electron chi connectivity index (χ2n) is 5.15. The zero-order valence-corrected chi connectivity index (χ0v) is 12.3. The number of nitrogens with one attached hydrogen (secondary N) is 1. The smallest absolute Gasteiger partial charge is 0.240 e. The van der Waals surface area contributed by atoms with Crippen molar-refractivity contribution in [3.63, 3.8) is 0 Å². The third-order valence-electron chi connectivity index (χ3n) is 2.69. The van der Waals surface area contributed by atoms with Gasteiger partial charge in [-0.3, -0.25) is 0 Å². The lowest BCUT2D eigenvalue weighted by atomic mass is 10.1. The number of benzene rings is 1. The van der Waals surface area contributed by atoms with Crippen LogP contribution < -0.4 is 10.5 Å². The second-order valence-corrected chi connectivity index (χ2v) is 6.86. The first kappa shape index (κ1) is 16.1. The first-order valence-corrected chi connectivity index (χ1v) is 7.72. The van der Waals surface area contributed by atoms with E-state index in [0.29, 0.717) is 17.9 Å². The Balaban J connectivity index is 2.96. The van der Waals surface area contributed by atoms with Crippen LogP contribution in [-0.4, -0.2) is 21.0 Å². The first-order valence-electron chi connectivity index (χ1n) is 6.24. The summed E-state index contributed by atoms with van der Waals surface area (Å²) in [7, 11) is -3.73. The van der Waals surface area contributed by atoms with E-state index in [2.05, 4.69) is 4.72 Å². The highest BCUT2D eigenvalue weighted by Crippen LogP contribution is 2.15. The van der Waals surface area contributed by atoms with Crippen molar-refractivity contribution in [2.45, 2.75) is 38.1 Å². The predicted molar refractivity (Wildman–Crippen MR) is 73.8 cm³/mol. The summed E-state index contributed by atoms with van der Waals surface area (Å²) in [6.45, 7) is 5.84. The zero-order valence-electron chi connectivity index (χ0n) is 11.5. The van der Waals surface area contributed by atoms with Gasteiger partial charge in [0.15, 0.2) is 0 Å². The van der Waals surface area contributed by atoms with Gasteiger partial charge in [-0.05, 0) is 43.0 Å². The Morgan fingerprint density at radius 2 is 1.95 bits per heavy atom. The van der Waals surface area contributed by atoms with Crippen LogP contribution in [0.5, 0.6) is 0 Å². The van der Waals surface area contributed by atoms with Gasteiger partial charge in [-0.25, -0.2) is 17.5 Å². The number of nitrogens with two attached hydrogens (primary N) is 1. The van der Waals surface area contributed by atoms with Crippen LogP contribution >= 0.6 is 0 Å². The van der Waals surface area contributed by atoms with Crippen molar-refractivity contribution in [1.29, 1.82) is 0 Å². The molecule has 0 saturated heterocycles. The van der Waals surface area contributed by atoms with Crippen molar-refractivity contribution in [1.82, 2.24) is 4.72 Å². The molecule has 0 aromatic heterocycles. The highest BCUT2D eigenvalue weighted by atomic mass is 32.2. The van der Waals surface area contributed by atoms with Gasteiger partial charge in [-0.1, -0.05) is 13.8 Å². The molecule has 0 bridgehead atoms. The molecule has 0 heterocycles. The van der Waals surface area contributed by atoms with Crippen molar-refractivity contribution < 1.29 is 12.8 Å². The van der Waals surface area contributed by atoms with Crippen molar-refractivity contribution in [3.05, 3.63) is 29.6 Å². The van der Waals surface area contributed by atoms with Crippen molar-refractivity contribution in [2.24, 2.45) is 11.7 Å². The minimum atomic E-state index is -3.73. The quantitative estimate of drug-likeness (QED) is 0.838. The Bertz CT molecular complexity index is 509. The van der Waals surface area contributed by atoms with Crippen LogP contribution in [-0.2, 0) is 10.0 Å². The van der Waals surface area contributed by atoms with Crippen LogP contribution in [0.2, 0.25) is 0 Å². The molecule has 108 valence electrons. The first-order chi connectivity index (χ1) is 8.74. The molecule has 19 heavy (non-hydrogen) atoms. The molecule has 6 heteroatoms. The topological polar surface area (TPSA) is 72.2 Å². The number of aryl methyl sites for hydroxylation is 1. The van der Waals surface area contributed by atoms with E-state index in [4.69, 9.17) is 5.73 Å². The molecule has 1 rings (SSSR count). The van der Waals surface area contributed by atoms with E-state index in [1.165, 1.54) is 12.1 Å². The van der Waals surface area contributed by atoms with Crippen LogP contribution in [0.3, 0.4) is 0 Å². The molecule has 1 aromatic rings. The molecule has 0 saturated carbocycles. The van der Waals surface area contributed by atoms with Crippen molar-refractivity contribution >= 4 is 10.0 Å². The maximum absolute atomic E-state index is 13.3. The average molecular weight is 288 g/mol. The summed E-state index contributed by atoms with van der Waals surface area (Å²) in [5, 5.41) is 0. The monoisotopic (exact) mass is 288 g/mol. The molecule has 0 aliphatic rings. The van der Waals surface area contributed by atoms with Crippen molar-refractivity contribution in [3.8, 4) is 0 Å². The lowest BCUT2D eigenvalue weighted by Crippen LogP contribution is -2.41. The molecular weight excluding hydrogens is 267 g/mol. The van der Waals surface area contributed by atoms with Crippen molar-refractivity contribution in [2.75, 3.05) is 6.54 Å². The molecule has 0 amide bonds. The fourth-order valence-corrected chi connectivity index (χ4v) is 3.28. The minimum Gasteiger partial charge on any atom is -0.329 e. The van der Waals surface area contributed by atoms with E-state index < -0.39 is 15.8 Å². The summed E-state index contributed by atoms with van der Waals surface area (Å²) in [5.74, 6) is -0.237. The Labute approximate surface area is 114 Å². The molecule has 0 fully saturated rings. The summed E-state index contributed by atoms with van der Waals surface area (Å²) in [6, 6.07) is 3.40. The Hall–Kier alpha value is -0.980. The van der Waals surface area contributed by atoms with Crippen LogP contribution in [0.4, 0.5) is 4.39 Å². The molecule has 4 nitrogen and oxygen atoms in total. The van der Waals surface area contributed by atoms with E-state index in [1.54, 1.807) is 6.92 Å². The fourth-order valence-electron chi connectivity index (χ4n) is 1.91. The maximum Gasteiger partial charge on any atom is 0.240 e. The molecule has 0 radical (unpaired) electrons. The standard InChI is InChI=1S/C13H21FN2O2S/c1-9(2)4-12(8-15)16-19(17,18)13-6-10(3)5-11(14)7-13/h5-7,9,12,16H,4,8,15H2,1-3H3. The normalized spacial score (nSPS) is 13.8. The van der Waals surface area contributed by atoms with Gasteiger partial charge >= 0.3 is 0 Å². The van der Waals surface area contributed by atoms with Crippen LogP contribution in [0.1, 0.15) is 25.8 Å². The average Bonchev–Trinajstić information content (AvgIpc) is 2.25. The summed E-state index contributed by atoms with van der Waals surface area (Å²) >= 11 is 0. The van der Waals surface area contributed by atoms with Crippen LogP contribution in [0, 0.1) is 18.7 Å². The van der Waals surface area contributed by atoms with E-state index in [1.807, 2.05) is 13.8 Å². The Kier molecular flexibility index (Phi) is 5.46. The lowest BCUT2D eigenvalue weighted by Gasteiger charge is -2.19. The highest BCUT2D eigenvalue weighted by Gasteiger charge is 2.20. The van der Waals surface area contributed by atoms with Crippen LogP contribution in [0.25, 0.3) is 0 Å². The van der Waals surface area contributed by atoms with E-state index in [0.717, 1.165) is 6.07 Å². The van der Waals surface area contributed by atoms with Gasteiger partial charge in [0, 0.05) is 12.6 Å². The zero-order chi connectivity index (χ0) is 14.6. The summed E-state index contributed by atoms with van der Waals surface area (Å²) < 4.78 is 40.1. The van der Waals surface area contributed by atoms with E-state index in [-0.39, 0.29) is 17.5 Å². The molecule has 1 unspecified atom stereocenters. The summed E-state index contributed by atoms with van der Waals surface area (Å²) in [5.41, 5.74) is 6.13. The Morgan fingerprint density at radius 1 is 1.32 bits per heavy atom. The summed E-state index contributed by atoms with van der Waals surface area (Å²) in [6.07, 6.45) is 0.643. The third kappa shape index (κ3) is 4.89. The lowest BCUT2D eigenvalue weighted by molar-refractivity contribution is 0.465. The van der Waals surface area contributed by atoms with E-state index >= 15 is 0 Å². The summed E-state index contributed by atoms with van der Waals surface area (Å²) in [4.78, 5) is -0.0628. The molecule has 1 atom stereocenters. The SMILES string of the molecule is Cc1cc(F)cc(S(=O)(=O)NC(CN)CC(C)C)c1. The van der Waals surface area contributed by atoms with Gasteiger partial charge in [0.1, 0.15) is 5.82 Å². The van der Waals surface area contributed by atoms with Gasteiger partial charge in [0.25, 0.3) is 0 Å². The van der Waals surface area contributed by atoms with Gasteiger partial charge in [0.05, 0.1) is 4.90 Å². The Morgan fingerprint density at radius 3 is 2.42 bits per heavy atom. The van der Waals surface area contributed by atoms with Gasteiger partial charge in [0.2, 0.25) is 10.0 Å². The van der Waals surface area contributed by atoms with Gasteiger partial charge in [-0.2, -0.15) is 0 Å². The molecule has 0 spiro atoms. The number of hydrogen-bond donors (Lipinski definition) is 2. The largest absolute Gasteiger partial charge is 0.329 e. The molecule has 0 aliphatic carbocycles. The molecular formula is C13H21FN2O2S.